The molecule has 1 fully saturated rings. The second kappa shape index (κ2) is 8.95. The maximum Gasteiger partial charge on any atom is 0.294 e. The molecule has 1 aliphatic heterocycles. The zero-order valence-corrected chi connectivity index (χ0v) is 16.6. The van der Waals surface area contributed by atoms with Gasteiger partial charge in [-0.3, -0.25) is 19.7 Å². The highest BCUT2D eigenvalue weighted by Crippen LogP contribution is 2.23. The number of hydrogen-bond acceptors (Lipinski definition) is 6. The molecule has 1 saturated heterocycles. The van der Waals surface area contributed by atoms with Crippen LogP contribution in [0.2, 0.25) is 0 Å². The van der Waals surface area contributed by atoms with Crippen LogP contribution in [0.4, 0.5) is 5.69 Å². The number of hydrogen-bond donors (Lipinski definition) is 1. The van der Waals surface area contributed by atoms with E-state index in [-0.39, 0.29) is 17.1 Å². The second-order valence-corrected chi connectivity index (χ2v) is 7.20. The number of nitro benzene ring substituents is 1. The summed E-state index contributed by atoms with van der Waals surface area (Å²) < 4.78 is 1.30. The van der Waals surface area contributed by atoms with Gasteiger partial charge in [0.15, 0.2) is 5.69 Å². The van der Waals surface area contributed by atoms with Gasteiger partial charge in [0, 0.05) is 30.9 Å². The van der Waals surface area contributed by atoms with Crippen LogP contribution in [0.1, 0.15) is 35.9 Å². The van der Waals surface area contributed by atoms with Crippen LogP contribution in [0.15, 0.2) is 35.1 Å². The fourth-order valence-corrected chi connectivity index (χ4v) is 3.58. The topological polar surface area (TPSA) is 110 Å². The third-order valence-electron chi connectivity index (χ3n) is 5.20. The molecule has 3 rings (SSSR count). The Balaban J connectivity index is 1.88. The number of aromatic nitrogens is 2. The maximum absolute atomic E-state index is 13.0. The molecule has 1 amide bonds. The zero-order chi connectivity index (χ0) is 21.0. The van der Waals surface area contributed by atoms with Crippen molar-refractivity contribution in [3.63, 3.8) is 0 Å². The lowest BCUT2D eigenvalue weighted by atomic mass is 9.96. The van der Waals surface area contributed by atoms with E-state index in [0.717, 1.165) is 25.9 Å². The van der Waals surface area contributed by atoms with E-state index in [1.54, 1.807) is 30.0 Å². The Morgan fingerprint density at radius 3 is 2.66 bits per heavy atom. The monoisotopic (exact) mass is 399 g/mol. The maximum atomic E-state index is 13.0. The fraction of sp³-hybridized carbons (Fsp3) is 0.450. The summed E-state index contributed by atoms with van der Waals surface area (Å²) in [6.07, 6.45) is 1.73. The van der Waals surface area contributed by atoms with Crippen molar-refractivity contribution >= 4 is 11.6 Å². The SMILES string of the molecule is CCNCC1CCN(C(=O)c2nn(-c3ccccc3[N+](=O)[O-])c(C)cc2=O)CC1. The van der Waals surface area contributed by atoms with Gasteiger partial charge in [-0.1, -0.05) is 19.1 Å². The van der Waals surface area contributed by atoms with Crippen LogP contribution in [0.3, 0.4) is 0 Å². The van der Waals surface area contributed by atoms with Gasteiger partial charge in [-0.25, -0.2) is 4.68 Å². The number of likely N-dealkylation sites (tertiary alicyclic amines) is 1. The molecular weight excluding hydrogens is 374 g/mol. The Morgan fingerprint density at radius 2 is 2.00 bits per heavy atom. The predicted octanol–water partition coefficient (Wildman–Crippen LogP) is 1.91. The van der Waals surface area contributed by atoms with Crippen molar-refractivity contribution in [1.29, 1.82) is 0 Å². The Kier molecular flexibility index (Phi) is 6.38. The lowest BCUT2D eigenvalue weighted by Crippen LogP contribution is -2.43. The summed E-state index contributed by atoms with van der Waals surface area (Å²) >= 11 is 0. The number of nitro groups is 1. The van der Waals surface area contributed by atoms with Gasteiger partial charge in [0.1, 0.15) is 5.69 Å². The Labute approximate surface area is 168 Å². The summed E-state index contributed by atoms with van der Waals surface area (Å²) in [4.78, 5) is 37.9. The molecule has 0 aliphatic carbocycles. The first-order valence-corrected chi connectivity index (χ1v) is 9.77. The second-order valence-electron chi connectivity index (χ2n) is 7.20. The van der Waals surface area contributed by atoms with E-state index in [4.69, 9.17) is 0 Å². The molecule has 9 nitrogen and oxygen atoms in total. The number of rotatable bonds is 6. The van der Waals surface area contributed by atoms with E-state index in [1.165, 1.54) is 16.8 Å². The Hall–Kier alpha value is -3.07. The number of nitrogens with zero attached hydrogens (tertiary/aromatic N) is 4. The predicted molar refractivity (Wildman–Crippen MR) is 108 cm³/mol. The van der Waals surface area contributed by atoms with Crippen LogP contribution >= 0.6 is 0 Å². The van der Waals surface area contributed by atoms with Gasteiger partial charge in [-0.05, 0) is 44.8 Å². The number of piperidine rings is 1. The minimum absolute atomic E-state index is 0.144. The summed E-state index contributed by atoms with van der Waals surface area (Å²) in [6, 6.07) is 7.42. The van der Waals surface area contributed by atoms with Crippen LogP contribution in [-0.2, 0) is 0 Å². The summed E-state index contributed by atoms with van der Waals surface area (Å²) in [5, 5.41) is 18.9. The van der Waals surface area contributed by atoms with Crippen LogP contribution in [0, 0.1) is 23.0 Å². The molecule has 154 valence electrons. The molecular formula is C20H25N5O4. The lowest BCUT2D eigenvalue weighted by Gasteiger charge is -2.31. The first kappa shape index (κ1) is 20.7. The number of carbonyl (C=O) groups is 1. The van der Waals surface area contributed by atoms with Gasteiger partial charge in [-0.15, -0.1) is 0 Å². The van der Waals surface area contributed by atoms with Gasteiger partial charge >= 0.3 is 0 Å². The smallest absolute Gasteiger partial charge is 0.294 e. The van der Waals surface area contributed by atoms with Crippen molar-refractivity contribution in [2.75, 3.05) is 26.2 Å². The molecule has 1 aromatic heterocycles. The highest BCUT2D eigenvalue weighted by Gasteiger charge is 2.27. The van der Waals surface area contributed by atoms with Crippen LogP contribution in [-0.4, -0.2) is 51.7 Å². The summed E-state index contributed by atoms with van der Waals surface area (Å²) in [6.45, 7) is 6.66. The quantitative estimate of drug-likeness (QED) is 0.587. The number of carbonyl (C=O) groups excluding carboxylic acids is 1. The highest BCUT2D eigenvalue weighted by atomic mass is 16.6. The average Bonchev–Trinajstić information content (AvgIpc) is 2.72. The van der Waals surface area contributed by atoms with Crippen molar-refractivity contribution in [2.45, 2.75) is 26.7 Å². The molecule has 0 saturated carbocycles. The van der Waals surface area contributed by atoms with Crippen molar-refractivity contribution in [3.05, 3.63) is 62.1 Å². The average molecular weight is 399 g/mol. The summed E-state index contributed by atoms with van der Waals surface area (Å²) in [5.74, 6) is 0.0813. The molecule has 1 aliphatic rings. The summed E-state index contributed by atoms with van der Waals surface area (Å²) in [5.41, 5.74) is -0.191. The summed E-state index contributed by atoms with van der Waals surface area (Å²) in [7, 11) is 0. The van der Waals surface area contributed by atoms with Gasteiger partial charge in [-0.2, -0.15) is 5.10 Å². The van der Waals surface area contributed by atoms with Gasteiger partial charge in [0.05, 0.1) is 4.92 Å². The van der Waals surface area contributed by atoms with Crippen molar-refractivity contribution < 1.29 is 9.72 Å². The Bertz CT molecular complexity index is 964. The van der Waals surface area contributed by atoms with E-state index >= 15 is 0 Å². The Morgan fingerprint density at radius 1 is 1.31 bits per heavy atom. The van der Waals surface area contributed by atoms with Crippen LogP contribution in [0.25, 0.3) is 5.69 Å². The zero-order valence-electron chi connectivity index (χ0n) is 16.6. The van der Waals surface area contributed by atoms with Crippen molar-refractivity contribution in [3.8, 4) is 5.69 Å². The van der Waals surface area contributed by atoms with Gasteiger partial charge in [0.25, 0.3) is 11.6 Å². The van der Waals surface area contributed by atoms with E-state index in [2.05, 4.69) is 17.3 Å². The molecule has 0 spiro atoms. The van der Waals surface area contributed by atoms with E-state index in [1.807, 2.05) is 0 Å². The van der Waals surface area contributed by atoms with Gasteiger partial charge in [0.2, 0.25) is 5.43 Å². The molecule has 1 N–H and O–H groups in total. The molecule has 0 radical (unpaired) electrons. The molecule has 0 bridgehead atoms. The minimum atomic E-state index is -0.509. The van der Waals surface area contributed by atoms with E-state index in [9.17, 15) is 19.7 Å². The fourth-order valence-electron chi connectivity index (χ4n) is 3.58. The molecule has 29 heavy (non-hydrogen) atoms. The van der Waals surface area contributed by atoms with Crippen molar-refractivity contribution in [1.82, 2.24) is 20.0 Å². The van der Waals surface area contributed by atoms with E-state index in [0.29, 0.717) is 24.7 Å². The van der Waals surface area contributed by atoms with Gasteiger partial charge < -0.3 is 10.2 Å². The van der Waals surface area contributed by atoms with Crippen molar-refractivity contribution in [2.24, 2.45) is 5.92 Å². The molecule has 9 heteroatoms. The number of para-hydroxylation sites is 2. The molecule has 0 atom stereocenters. The van der Waals surface area contributed by atoms with Crippen LogP contribution in [0.5, 0.6) is 0 Å². The number of amides is 1. The third-order valence-corrected chi connectivity index (χ3v) is 5.20. The molecule has 0 unspecified atom stereocenters. The van der Waals surface area contributed by atoms with E-state index < -0.39 is 16.3 Å². The molecule has 2 heterocycles. The minimum Gasteiger partial charge on any atom is -0.337 e. The molecule has 1 aromatic carbocycles. The highest BCUT2D eigenvalue weighted by molar-refractivity contribution is 5.92. The number of benzene rings is 1. The van der Waals surface area contributed by atoms with Crippen LogP contribution < -0.4 is 10.7 Å². The molecule has 2 aromatic rings. The lowest BCUT2D eigenvalue weighted by molar-refractivity contribution is -0.384. The first-order chi connectivity index (χ1) is 13.9. The first-order valence-electron chi connectivity index (χ1n) is 9.77. The number of nitrogens with one attached hydrogen (secondary N) is 1. The third kappa shape index (κ3) is 4.51. The largest absolute Gasteiger partial charge is 0.337 e. The number of aryl methyl sites for hydroxylation is 1. The normalized spacial score (nSPS) is 14.8. The standard InChI is InChI=1S/C20H25N5O4/c1-3-21-13-15-8-10-23(11-9-15)20(27)19-18(26)12-14(2)24(22-19)16-6-4-5-7-17(16)25(28)29/h4-7,12,15,21H,3,8-11,13H2,1-2H3.